The minimum Gasteiger partial charge on any atom is -0.349 e. The van der Waals surface area contributed by atoms with E-state index in [1.807, 2.05) is 31.2 Å². The van der Waals surface area contributed by atoms with Crippen molar-refractivity contribution in [1.29, 1.82) is 0 Å². The van der Waals surface area contributed by atoms with Crippen LogP contribution in [0.15, 0.2) is 28.7 Å². The molecule has 15 heavy (non-hydrogen) atoms. The van der Waals surface area contributed by atoms with Crippen molar-refractivity contribution in [3.63, 3.8) is 0 Å². The Morgan fingerprint density at radius 3 is 2.87 bits per heavy atom. The average molecular weight is 268 g/mol. The standard InChI is InChI=1S/C12H14BrNO/c1-8(14-12(15)9-5-6-9)10-3-2-4-11(13)7-10/h2-4,7-9H,5-6H2,1H3,(H,14,15). The molecule has 1 atom stereocenters. The lowest BCUT2D eigenvalue weighted by molar-refractivity contribution is -0.122. The number of hydrogen-bond donors (Lipinski definition) is 1. The third kappa shape index (κ3) is 2.81. The minimum atomic E-state index is 0.0931. The molecule has 1 saturated carbocycles. The van der Waals surface area contributed by atoms with Gasteiger partial charge in [-0.25, -0.2) is 0 Å². The Balaban J connectivity index is 2.00. The summed E-state index contributed by atoms with van der Waals surface area (Å²) in [4.78, 5) is 11.6. The molecule has 1 aliphatic rings. The van der Waals surface area contributed by atoms with Gasteiger partial charge in [-0.2, -0.15) is 0 Å². The first-order chi connectivity index (χ1) is 7.16. The van der Waals surface area contributed by atoms with Gasteiger partial charge in [-0.05, 0) is 37.5 Å². The van der Waals surface area contributed by atoms with Crippen LogP contribution in [0.25, 0.3) is 0 Å². The summed E-state index contributed by atoms with van der Waals surface area (Å²) < 4.78 is 1.05. The van der Waals surface area contributed by atoms with Crippen molar-refractivity contribution >= 4 is 21.8 Å². The maximum atomic E-state index is 11.6. The van der Waals surface area contributed by atoms with E-state index >= 15 is 0 Å². The number of nitrogens with one attached hydrogen (secondary N) is 1. The maximum absolute atomic E-state index is 11.6. The molecule has 0 bridgehead atoms. The Kier molecular flexibility index (Phi) is 3.10. The number of carbonyl (C=O) groups excluding carboxylic acids is 1. The van der Waals surface area contributed by atoms with E-state index in [4.69, 9.17) is 0 Å². The molecule has 2 nitrogen and oxygen atoms in total. The maximum Gasteiger partial charge on any atom is 0.223 e. The third-order valence-corrected chi connectivity index (χ3v) is 3.15. The highest BCUT2D eigenvalue weighted by atomic mass is 79.9. The van der Waals surface area contributed by atoms with Gasteiger partial charge >= 0.3 is 0 Å². The molecule has 1 aromatic carbocycles. The number of hydrogen-bond acceptors (Lipinski definition) is 1. The number of amides is 1. The quantitative estimate of drug-likeness (QED) is 0.896. The summed E-state index contributed by atoms with van der Waals surface area (Å²) in [6, 6.07) is 8.13. The first-order valence-electron chi connectivity index (χ1n) is 5.22. The Labute approximate surface area is 98.2 Å². The number of carbonyl (C=O) groups is 1. The highest BCUT2D eigenvalue weighted by molar-refractivity contribution is 9.10. The molecule has 0 radical (unpaired) electrons. The van der Waals surface area contributed by atoms with Crippen LogP contribution >= 0.6 is 15.9 Å². The summed E-state index contributed by atoms with van der Waals surface area (Å²) in [7, 11) is 0. The summed E-state index contributed by atoms with van der Waals surface area (Å²) in [5.74, 6) is 0.474. The van der Waals surface area contributed by atoms with E-state index in [0.29, 0.717) is 0 Å². The summed E-state index contributed by atoms with van der Waals surface area (Å²) in [6.45, 7) is 2.02. The van der Waals surface area contributed by atoms with Crippen molar-refractivity contribution in [2.75, 3.05) is 0 Å². The zero-order valence-electron chi connectivity index (χ0n) is 8.66. The smallest absolute Gasteiger partial charge is 0.223 e. The second-order valence-electron chi connectivity index (χ2n) is 4.06. The molecule has 1 aromatic rings. The molecule has 80 valence electrons. The molecule has 2 rings (SSSR count). The molecule has 1 amide bonds. The summed E-state index contributed by atoms with van der Waals surface area (Å²) in [5.41, 5.74) is 1.14. The first-order valence-corrected chi connectivity index (χ1v) is 6.02. The van der Waals surface area contributed by atoms with Gasteiger partial charge in [0.25, 0.3) is 0 Å². The van der Waals surface area contributed by atoms with Gasteiger partial charge in [0.15, 0.2) is 0 Å². The molecule has 1 N–H and O–H groups in total. The van der Waals surface area contributed by atoms with Crippen LogP contribution < -0.4 is 5.32 Å². The Hall–Kier alpha value is -0.830. The highest BCUT2D eigenvalue weighted by Gasteiger charge is 2.30. The van der Waals surface area contributed by atoms with E-state index in [9.17, 15) is 4.79 Å². The van der Waals surface area contributed by atoms with E-state index in [1.54, 1.807) is 0 Å². The van der Waals surface area contributed by atoms with Crippen molar-refractivity contribution < 1.29 is 4.79 Å². The van der Waals surface area contributed by atoms with E-state index in [2.05, 4.69) is 21.2 Å². The Morgan fingerprint density at radius 1 is 1.53 bits per heavy atom. The fourth-order valence-electron chi connectivity index (χ4n) is 1.54. The predicted octanol–water partition coefficient (Wildman–Crippen LogP) is 3.04. The average Bonchev–Trinajstić information content (AvgIpc) is 3.00. The molecular formula is C12H14BrNO. The predicted molar refractivity (Wildman–Crippen MR) is 63.4 cm³/mol. The Morgan fingerprint density at radius 2 is 2.27 bits per heavy atom. The third-order valence-electron chi connectivity index (χ3n) is 2.66. The molecule has 0 aliphatic heterocycles. The second-order valence-corrected chi connectivity index (χ2v) is 4.98. The Bertz CT molecular complexity index is 374. The lowest BCUT2D eigenvalue weighted by atomic mass is 10.1. The lowest BCUT2D eigenvalue weighted by Gasteiger charge is -2.14. The van der Waals surface area contributed by atoms with Gasteiger partial charge in [0.1, 0.15) is 0 Å². The van der Waals surface area contributed by atoms with Gasteiger partial charge in [-0.1, -0.05) is 28.1 Å². The summed E-state index contributed by atoms with van der Waals surface area (Å²) in [6.07, 6.45) is 2.11. The van der Waals surface area contributed by atoms with Crippen LogP contribution in [0, 0.1) is 5.92 Å². The van der Waals surface area contributed by atoms with Crippen molar-refractivity contribution in [2.24, 2.45) is 5.92 Å². The van der Waals surface area contributed by atoms with Crippen LogP contribution in [0.2, 0.25) is 0 Å². The van der Waals surface area contributed by atoms with Crippen molar-refractivity contribution in [2.45, 2.75) is 25.8 Å². The van der Waals surface area contributed by atoms with E-state index < -0.39 is 0 Å². The minimum absolute atomic E-state index is 0.0931. The molecule has 0 spiro atoms. The zero-order valence-corrected chi connectivity index (χ0v) is 10.3. The molecule has 1 unspecified atom stereocenters. The van der Waals surface area contributed by atoms with Crippen LogP contribution in [-0.2, 0) is 4.79 Å². The van der Waals surface area contributed by atoms with Gasteiger partial charge in [-0.3, -0.25) is 4.79 Å². The lowest BCUT2D eigenvalue weighted by Crippen LogP contribution is -2.27. The molecule has 1 fully saturated rings. The van der Waals surface area contributed by atoms with Crippen LogP contribution in [0.5, 0.6) is 0 Å². The van der Waals surface area contributed by atoms with Crippen LogP contribution in [0.1, 0.15) is 31.4 Å². The van der Waals surface area contributed by atoms with E-state index in [0.717, 1.165) is 22.9 Å². The van der Waals surface area contributed by atoms with Crippen LogP contribution in [0.4, 0.5) is 0 Å². The van der Waals surface area contributed by atoms with Gasteiger partial charge in [0, 0.05) is 10.4 Å². The van der Waals surface area contributed by atoms with Crippen molar-refractivity contribution in [3.8, 4) is 0 Å². The second kappa shape index (κ2) is 4.35. The highest BCUT2D eigenvalue weighted by Crippen LogP contribution is 2.29. The monoisotopic (exact) mass is 267 g/mol. The molecule has 0 aromatic heterocycles. The van der Waals surface area contributed by atoms with Crippen LogP contribution in [-0.4, -0.2) is 5.91 Å². The van der Waals surface area contributed by atoms with Gasteiger partial charge < -0.3 is 5.32 Å². The summed E-state index contributed by atoms with van der Waals surface area (Å²) in [5, 5.41) is 3.03. The van der Waals surface area contributed by atoms with Crippen molar-refractivity contribution in [1.82, 2.24) is 5.32 Å². The topological polar surface area (TPSA) is 29.1 Å². The van der Waals surface area contributed by atoms with Gasteiger partial charge in [0.05, 0.1) is 6.04 Å². The first kappa shape index (κ1) is 10.7. The van der Waals surface area contributed by atoms with E-state index in [1.165, 1.54) is 0 Å². The van der Waals surface area contributed by atoms with Gasteiger partial charge in [0.2, 0.25) is 5.91 Å². The zero-order chi connectivity index (χ0) is 10.8. The fourth-order valence-corrected chi connectivity index (χ4v) is 1.95. The molecular weight excluding hydrogens is 254 g/mol. The van der Waals surface area contributed by atoms with Crippen LogP contribution in [0.3, 0.4) is 0 Å². The fraction of sp³-hybridized carbons (Fsp3) is 0.417. The summed E-state index contributed by atoms with van der Waals surface area (Å²) >= 11 is 3.43. The number of rotatable bonds is 3. The normalized spacial score (nSPS) is 17.2. The molecule has 3 heteroatoms. The molecule has 0 saturated heterocycles. The molecule has 0 heterocycles. The van der Waals surface area contributed by atoms with Crippen molar-refractivity contribution in [3.05, 3.63) is 34.3 Å². The largest absolute Gasteiger partial charge is 0.349 e. The molecule has 1 aliphatic carbocycles. The number of halogens is 1. The SMILES string of the molecule is CC(NC(=O)C1CC1)c1cccc(Br)c1. The number of benzene rings is 1. The van der Waals surface area contributed by atoms with E-state index in [-0.39, 0.29) is 17.9 Å². The van der Waals surface area contributed by atoms with Gasteiger partial charge in [-0.15, -0.1) is 0 Å².